The largest absolute Gasteiger partial charge is 0.493 e. The second-order valence-electron chi connectivity index (χ2n) is 8.79. The highest BCUT2D eigenvalue weighted by Gasteiger charge is 2.30. The molecule has 0 bridgehead atoms. The highest BCUT2D eigenvalue weighted by atomic mass is 17.2. The zero-order valence-electron chi connectivity index (χ0n) is 20.7. The summed E-state index contributed by atoms with van der Waals surface area (Å²) in [5, 5.41) is 0. The van der Waals surface area contributed by atoms with Gasteiger partial charge in [0.1, 0.15) is 33.8 Å². The van der Waals surface area contributed by atoms with Gasteiger partial charge < -0.3 is 9.47 Å². The van der Waals surface area contributed by atoms with Crippen molar-refractivity contribution in [3.8, 4) is 11.5 Å². The van der Waals surface area contributed by atoms with Gasteiger partial charge in [0, 0.05) is 0 Å². The molecule has 0 unspecified atom stereocenters. The molecule has 2 aromatic carbocycles. The Bertz CT molecular complexity index is 874. The molecule has 0 spiro atoms. The summed E-state index contributed by atoms with van der Waals surface area (Å²) in [4.78, 5) is 45.9. The Balaban J connectivity index is 1.87. The lowest BCUT2D eigenvalue weighted by Gasteiger charge is -2.28. The summed E-state index contributed by atoms with van der Waals surface area (Å²) in [6, 6.07) is 13.6. The average molecular weight is 475 g/mol. The fraction of sp³-hybridized carbons (Fsp3) is 0.462. The third-order valence-corrected chi connectivity index (χ3v) is 4.83. The Morgan fingerprint density at radius 2 is 1.00 bits per heavy atom. The van der Waals surface area contributed by atoms with Crippen LogP contribution in [0, 0.1) is 0 Å². The predicted octanol–water partition coefficient (Wildman–Crippen LogP) is 5.70. The number of ether oxygens (including phenoxy) is 2. The molecule has 0 aromatic heterocycles. The lowest BCUT2D eigenvalue weighted by atomic mass is 9.94. The van der Waals surface area contributed by atoms with Crippen LogP contribution in [-0.4, -0.2) is 36.4 Å². The molecular weight excluding hydrogens is 440 g/mol. The van der Waals surface area contributed by atoms with Crippen molar-refractivity contribution >= 4 is 11.9 Å². The highest BCUT2D eigenvalue weighted by Crippen LogP contribution is 2.27. The number of hydrogen-bond acceptors (Lipinski definition) is 8. The lowest BCUT2D eigenvalue weighted by Crippen LogP contribution is -2.33. The van der Waals surface area contributed by atoms with Gasteiger partial charge in [0.2, 0.25) is 0 Å². The van der Waals surface area contributed by atoms with Gasteiger partial charge in [-0.05, 0) is 78.6 Å². The Labute approximate surface area is 200 Å². The second kappa shape index (κ2) is 12.4. The van der Waals surface area contributed by atoms with Gasteiger partial charge >= 0.3 is 11.9 Å². The van der Waals surface area contributed by atoms with Crippen molar-refractivity contribution in [2.75, 3.05) is 13.2 Å². The van der Waals surface area contributed by atoms with Crippen molar-refractivity contribution < 1.29 is 38.6 Å². The minimum atomic E-state index is -0.817. The smallest absolute Gasteiger partial charge is 0.376 e. The molecule has 0 saturated carbocycles. The molecule has 186 valence electrons. The van der Waals surface area contributed by atoms with Crippen LogP contribution in [0.2, 0.25) is 0 Å². The van der Waals surface area contributed by atoms with Gasteiger partial charge in [-0.2, -0.15) is 9.78 Å². The van der Waals surface area contributed by atoms with Gasteiger partial charge in [0.05, 0.1) is 13.2 Å². The van der Waals surface area contributed by atoms with Gasteiger partial charge in [-0.1, -0.05) is 24.3 Å². The molecule has 0 amide bonds. The maximum atomic E-state index is 12.5. The van der Waals surface area contributed by atoms with Crippen molar-refractivity contribution in [3.63, 3.8) is 0 Å². The minimum Gasteiger partial charge on any atom is -0.493 e. The van der Waals surface area contributed by atoms with Gasteiger partial charge in [-0.3, -0.25) is 9.78 Å². The van der Waals surface area contributed by atoms with E-state index in [0.29, 0.717) is 37.6 Å². The van der Waals surface area contributed by atoms with Crippen LogP contribution in [0.1, 0.15) is 75.1 Å². The molecule has 0 atom stereocenters. The normalized spacial score (nSPS) is 11.6. The molecule has 0 aliphatic heterocycles. The van der Waals surface area contributed by atoms with Crippen molar-refractivity contribution in [3.05, 3.63) is 59.7 Å². The van der Waals surface area contributed by atoms with Gasteiger partial charge in [0.15, 0.2) is 0 Å². The van der Waals surface area contributed by atoms with Crippen LogP contribution < -0.4 is 9.47 Å². The summed E-state index contributed by atoms with van der Waals surface area (Å²) in [5.41, 5.74) is -1.07. The van der Waals surface area contributed by atoms with E-state index in [2.05, 4.69) is 0 Å². The summed E-state index contributed by atoms with van der Waals surface area (Å²) in [6.45, 7) is 11.7. The fourth-order valence-corrected chi connectivity index (χ4v) is 2.91. The first-order valence-corrected chi connectivity index (χ1v) is 11.3. The molecule has 34 heavy (non-hydrogen) atoms. The Kier molecular flexibility index (Phi) is 9.89. The van der Waals surface area contributed by atoms with Gasteiger partial charge in [-0.15, -0.1) is 0 Å². The maximum absolute atomic E-state index is 12.5. The molecule has 0 aliphatic carbocycles. The molecular formula is C26H34O8. The van der Waals surface area contributed by atoms with Crippen LogP contribution in [0.3, 0.4) is 0 Å². The third-order valence-electron chi connectivity index (χ3n) is 4.83. The zero-order chi connectivity index (χ0) is 25.2. The summed E-state index contributed by atoms with van der Waals surface area (Å²) in [6.07, 6.45) is 0.904. The van der Waals surface area contributed by atoms with Crippen molar-refractivity contribution in [2.24, 2.45) is 0 Å². The van der Waals surface area contributed by atoms with E-state index in [1.807, 2.05) is 13.8 Å². The first kappa shape index (κ1) is 27.1. The van der Waals surface area contributed by atoms with E-state index in [9.17, 15) is 9.59 Å². The molecule has 0 heterocycles. The van der Waals surface area contributed by atoms with E-state index in [1.54, 1.807) is 76.2 Å². The van der Waals surface area contributed by atoms with Crippen LogP contribution >= 0.6 is 0 Å². The topological polar surface area (TPSA) is 89.5 Å². The maximum Gasteiger partial charge on any atom is 0.376 e. The molecule has 0 radical (unpaired) electrons. The first-order chi connectivity index (χ1) is 16.1. The summed E-state index contributed by atoms with van der Waals surface area (Å²) >= 11 is 0. The Hall–Kier alpha value is -3.10. The van der Waals surface area contributed by atoms with Crippen molar-refractivity contribution in [1.82, 2.24) is 0 Å². The van der Waals surface area contributed by atoms with Crippen molar-refractivity contribution in [2.45, 2.75) is 65.6 Å². The standard InChI is InChI=1S/C26H34O8/c1-7-29-21-15-11-9-13-19(21)23(27)31-33-25(3,4)17-18-26(5,6)34-32-24(28)20-14-10-12-16-22(20)30-8-2/h9-16H,7-8,17-18H2,1-6H3. The van der Waals surface area contributed by atoms with E-state index in [4.69, 9.17) is 29.0 Å². The molecule has 0 N–H and O–H groups in total. The van der Waals surface area contributed by atoms with E-state index in [0.717, 1.165) is 0 Å². The highest BCUT2D eigenvalue weighted by molar-refractivity contribution is 5.92. The number of rotatable bonds is 13. The van der Waals surface area contributed by atoms with E-state index >= 15 is 0 Å². The number of hydrogen-bond donors (Lipinski definition) is 0. The number of benzene rings is 2. The second-order valence-corrected chi connectivity index (χ2v) is 8.79. The van der Waals surface area contributed by atoms with Crippen LogP contribution in [0.25, 0.3) is 0 Å². The number of carbonyl (C=O) groups is 2. The summed E-state index contributed by atoms with van der Waals surface area (Å²) < 4.78 is 10.9. The van der Waals surface area contributed by atoms with E-state index in [1.165, 1.54) is 0 Å². The monoisotopic (exact) mass is 474 g/mol. The zero-order valence-corrected chi connectivity index (χ0v) is 20.7. The number of para-hydroxylation sites is 2. The SMILES string of the molecule is CCOc1ccccc1C(=O)OOC(C)(C)CCC(C)(C)OOC(=O)c1ccccc1OCC. The molecule has 8 heteroatoms. The molecule has 2 rings (SSSR count). The van der Waals surface area contributed by atoms with E-state index in [-0.39, 0.29) is 11.1 Å². The molecule has 2 aromatic rings. The number of carbonyl (C=O) groups excluding carboxylic acids is 2. The average Bonchev–Trinajstić information content (AvgIpc) is 2.81. The summed E-state index contributed by atoms with van der Waals surface area (Å²) in [5.74, 6) is -0.429. The minimum absolute atomic E-state index is 0.281. The quantitative estimate of drug-likeness (QED) is 0.270. The molecule has 8 nitrogen and oxygen atoms in total. The Morgan fingerprint density at radius 1 is 0.647 bits per heavy atom. The molecule has 0 saturated heterocycles. The van der Waals surface area contributed by atoms with Crippen LogP contribution in [0.15, 0.2) is 48.5 Å². The first-order valence-electron chi connectivity index (χ1n) is 11.3. The Morgan fingerprint density at radius 3 is 1.35 bits per heavy atom. The van der Waals surface area contributed by atoms with Crippen LogP contribution in [0.5, 0.6) is 11.5 Å². The fourth-order valence-electron chi connectivity index (χ4n) is 2.91. The van der Waals surface area contributed by atoms with Gasteiger partial charge in [0.25, 0.3) is 0 Å². The lowest BCUT2D eigenvalue weighted by molar-refractivity contribution is -0.325. The van der Waals surface area contributed by atoms with Gasteiger partial charge in [-0.25, -0.2) is 9.59 Å². The third kappa shape index (κ3) is 8.35. The molecule has 0 aliphatic rings. The van der Waals surface area contributed by atoms with Crippen LogP contribution in [-0.2, 0) is 19.6 Å². The molecule has 0 fully saturated rings. The van der Waals surface area contributed by atoms with E-state index < -0.39 is 23.1 Å². The van der Waals surface area contributed by atoms with Crippen LogP contribution in [0.4, 0.5) is 0 Å². The van der Waals surface area contributed by atoms with Crippen molar-refractivity contribution in [1.29, 1.82) is 0 Å². The predicted molar refractivity (Wildman–Crippen MR) is 126 cm³/mol. The summed E-state index contributed by atoms with van der Waals surface area (Å²) in [7, 11) is 0.